The van der Waals surface area contributed by atoms with Gasteiger partial charge < -0.3 is 16.8 Å². The summed E-state index contributed by atoms with van der Waals surface area (Å²) in [4.78, 5) is 4.33. The number of nitrogens with one attached hydrogen (secondary N) is 1. The van der Waals surface area contributed by atoms with Crippen LogP contribution in [0.3, 0.4) is 0 Å². The summed E-state index contributed by atoms with van der Waals surface area (Å²) < 4.78 is 0. The second kappa shape index (κ2) is 7.38. The van der Waals surface area contributed by atoms with Crippen molar-refractivity contribution in [1.29, 1.82) is 0 Å². The molecule has 1 aromatic rings. The first-order chi connectivity index (χ1) is 9.47. The molecule has 1 aromatic carbocycles. The van der Waals surface area contributed by atoms with Crippen molar-refractivity contribution in [1.82, 2.24) is 5.32 Å². The number of aryl methyl sites for hydroxylation is 1. The minimum absolute atomic E-state index is 0.342. The standard InChI is InChI=1S/C16H24N4/c1-5-7-12(4)19-16(18)20-15-9-11(3)13(8-6-2)10-14(15)17/h6-7,9-10H,2,5,8,17H2,1,3-4H3,(H3,18,19,20)/b12-7+. The Morgan fingerprint density at radius 3 is 2.75 bits per heavy atom. The van der Waals surface area contributed by atoms with E-state index < -0.39 is 0 Å². The molecular weight excluding hydrogens is 248 g/mol. The second-order valence-electron chi connectivity index (χ2n) is 4.75. The highest BCUT2D eigenvalue weighted by Gasteiger charge is 2.04. The Kier molecular flexibility index (Phi) is 5.84. The van der Waals surface area contributed by atoms with Gasteiger partial charge in [-0.2, -0.15) is 0 Å². The highest BCUT2D eigenvalue weighted by molar-refractivity contribution is 5.84. The van der Waals surface area contributed by atoms with Gasteiger partial charge in [0, 0.05) is 5.70 Å². The van der Waals surface area contributed by atoms with E-state index in [0.29, 0.717) is 17.3 Å². The Labute approximate surface area is 121 Å². The lowest BCUT2D eigenvalue weighted by Crippen LogP contribution is -2.29. The lowest BCUT2D eigenvalue weighted by Gasteiger charge is -2.10. The average molecular weight is 272 g/mol. The van der Waals surface area contributed by atoms with Gasteiger partial charge in [-0.05, 0) is 49.9 Å². The van der Waals surface area contributed by atoms with E-state index in [4.69, 9.17) is 11.5 Å². The minimum atomic E-state index is 0.342. The molecule has 5 N–H and O–H groups in total. The molecule has 1 rings (SSSR count). The third-order valence-corrected chi connectivity index (χ3v) is 2.93. The Morgan fingerprint density at radius 2 is 2.15 bits per heavy atom. The lowest BCUT2D eigenvalue weighted by molar-refractivity contribution is 1.05. The van der Waals surface area contributed by atoms with Crippen molar-refractivity contribution in [3.63, 3.8) is 0 Å². The maximum atomic E-state index is 6.02. The molecule has 0 spiro atoms. The molecule has 0 fully saturated rings. The summed E-state index contributed by atoms with van der Waals surface area (Å²) in [5.41, 5.74) is 16.5. The molecule has 20 heavy (non-hydrogen) atoms. The van der Waals surface area contributed by atoms with Gasteiger partial charge in [0.25, 0.3) is 0 Å². The number of hydrogen-bond acceptors (Lipinski definition) is 2. The van der Waals surface area contributed by atoms with Gasteiger partial charge in [-0.1, -0.05) is 19.1 Å². The predicted molar refractivity (Wildman–Crippen MR) is 88.0 cm³/mol. The van der Waals surface area contributed by atoms with E-state index in [0.717, 1.165) is 29.7 Å². The van der Waals surface area contributed by atoms with Crippen LogP contribution in [-0.2, 0) is 6.42 Å². The van der Waals surface area contributed by atoms with Crippen LogP contribution in [0.25, 0.3) is 0 Å². The number of hydrogen-bond donors (Lipinski definition) is 3. The summed E-state index contributed by atoms with van der Waals surface area (Å²) in [7, 11) is 0. The third kappa shape index (κ3) is 4.46. The number of anilines is 1. The molecule has 0 radical (unpaired) electrons. The van der Waals surface area contributed by atoms with Crippen LogP contribution in [0.1, 0.15) is 31.4 Å². The van der Waals surface area contributed by atoms with E-state index in [9.17, 15) is 0 Å². The van der Waals surface area contributed by atoms with Crippen LogP contribution < -0.4 is 16.8 Å². The van der Waals surface area contributed by atoms with Gasteiger partial charge in [0.05, 0.1) is 11.4 Å². The van der Waals surface area contributed by atoms with Crippen molar-refractivity contribution in [2.24, 2.45) is 10.7 Å². The third-order valence-electron chi connectivity index (χ3n) is 2.93. The highest BCUT2D eigenvalue weighted by atomic mass is 15.1. The number of allylic oxidation sites excluding steroid dienone is 3. The second-order valence-corrected chi connectivity index (χ2v) is 4.75. The summed E-state index contributed by atoms with van der Waals surface area (Å²) in [6.07, 6.45) is 5.65. The molecular formula is C16H24N4. The topological polar surface area (TPSA) is 76.4 Å². The normalized spacial score (nSPS) is 12.3. The fourth-order valence-electron chi connectivity index (χ4n) is 1.95. The van der Waals surface area contributed by atoms with Crippen LogP contribution in [-0.4, -0.2) is 5.96 Å². The van der Waals surface area contributed by atoms with Gasteiger partial charge in [0.1, 0.15) is 0 Å². The van der Waals surface area contributed by atoms with E-state index in [1.807, 2.05) is 38.1 Å². The molecule has 108 valence electrons. The maximum absolute atomic E-state index is 6.02. The number of nitrogen functional groups attached to an aromatic ring is 1. The van der Waals surface area contributed by atoms with Gasteiger partial charge >= 0.3 is 0 Å². The molecule has 0 bridgehead atoms. The first kappa shape index (κ1) is 15.8. The van der Waals surface area contributed by atoms with Crippen molar-refractivity contribution in [2.75, 3.05) is 5.73 Å². The van der Waals surface area contributed by atoms with Gasteiger partial charge in [0.2, 0.25) is 0 Å². The summed E-state index contributed by atoms with van der Waals surface area (Å²) in [5.74, 6) is 0.342. The van der Waals surface area contributed by atoms with Crippen LogP contribution in [0.5, 0.6) is 0 Å². The molecule has 4 heteroatoms. The van der Waals surface area contributed by atoms with Crippen molar-refractivity contribution >= 4 is 17.3 Å². The molecule has 0 unspecified atom stereocenters. The van der Waals surface area contributed by atoms with Crippen molar-refractivity contribution in [3.8, 4) is 0 Å². The fourth-order valence-corrected chi connectivity index (χ4v) is 1.95. The summed E-state index contributed by atoms with van der Waals surface area (Å²) in [6.45, 7) is 9.79. The monoisotopic (exact) mass is 272 g/mol. The van der Waals surface area contributed by atoms with E-state index in [2.05, 4.69) is 23.8 Å². The predicted octanol–water partition coefficient (Wildman–Crippen LogP) is 3.16. The zero-order chi connectivity index (χ0) is 15.1. The van der Waals surface area contributed by atoms with E-state index in [1.54, 1.807) is 0 Å². The Balaban J connectivity index is 3.00. The molecule has 4 nitrogen and oxygen atoms in total. The highest BCUT2D eigenvalue weighted by Crippen LogP contribution is 2.26. The maximum Gasteiger partial charge on any atom is 0.198 e. The number of nitrogens with two attached hydrogens (primary N) is 2. The molecule has 0 atom stereocenters. The number of aliphatic imine (C=N–C) groups is 1. The first-order valence-corrected chi connectivity index (χ1v) is 6.75. The quantitative estimate of drug-likeness (QED) is 0.333. The summed E-state index contributed by atoms with van der Waals surface area (Å²) in [5, 5.41) is 3.03. The van der Waals surface area contributed by atoms with Crippen molar-refractivity contribution < 1.29 is 0 Å². The molecule has 0 heterocycles. The van der Waals surface area contributed by atoms with Gasteiger partial charge in [-0.3, -0.25) is 0 Å². The zero-order valence-electron chi connectivity index (χ0n) is 12.5. The minimum Gasteiger partial charge on any atom is -0.397 e. The molecule has 0 saturated heterocycles. The number of rotatable bonds is 5. The van der Waals surface area contributed by atoms with Gasteiger partial charge in [-0.25, -0.2) is 4.99 Å². The number of benzene rings is 1. The number of guanidine groups is 1. The first-order valence-electron chi connectivity index (χ1n) is 6.75. The Hall–Kier alpha value is -2.23. The van der Waals surface area contributed by atoms with E-state index in [-0.39, 0.29) is 0 Å². The molecule has 0 aliphatic heterocycles. The van der Waals surface area contributed by atoms with Gasteiger partial charge in [0.15, 0.2) is 5.96 Å². The Morgan fingerprint density at radius 1 is 1.45 bits per heavy atom. The van der Waals surface area contributed by atoms with Crippen LogP contribution in [0, 0.1) is 6.92 Å². The van der Waals surface area contributed by atoms with Gasteiger partial charge in [-0.15, -0.1) is 6.58 Å². The van der Waals surface area contributed by atoms with E-state index in [1.165, 1.54) is 0 Å². The smallest absolute Gasteiger partial charge is 0.198 e. The molecule has 0 saturated carbocycles. The molecule has 0 aliphatic rings. The molecule has 0 aromatic heterocycles. The molecule has 0 amide bonds. The summed E-state index contributed by atoms with van der Waals surface area (Å²) >= 11 is 0. The zero-order valence-corrected chi connectivity index (χ0v) is 12.5. The van der Waals surface area contributed by atoms with Crippen molar-refractivity contribution in [3.05, 3.63) is 47.7 Å². The van der Waals surface area contributed by atoms with E-state index >= 15 is 0 Å². The largest absolute Gasteiger partial charge is 0.397 e. The van der Waals surface area contributed by atoms with Crippen LogP contribution in [0.4, 0.5) is 11.4 Å². The summed E-state index contributed by atoms with van der Waals surface area (Å²) in [6, 6.07) is 3.87. The lowest BCUT2D eigenvalue weighted by atomic mass is 10.0. The van der Waals surface area contributed by atoms with Crippen molar-refractivity contribution in [2.45, 2.75) is 33.6 Å². The Bertz CT molecular complexity index is 542. The average Bonchev–Trinajstić information content (AvgIpc) is 2.35. The fraction of sp³-hybridized carbons (Fsp3) is 0.312. The molecule has 0 aliphatic carbocycles. The SMILES string of the molecule is C=CCc1cc(N)c(N=C(N)N/C(C)=C/CC)cc1C. The van der Waals surface area contributed by atoms with Crippen LogP contribution >= 0.6 is 0 Å². The number of nitrogens with zero attached hydrogens (tertiary/aromatic N) is 1. The van der Waals surface area contributed by atoms with Crippen LogP contribution in [0.2, 0.25) is 0 Å². The van der Waals surface area contributed by atoms with Crippen LogP contribution in [0.15, 0.2) is 41.6 Å².